The quantitative estimate of drug-likeness (QED) is 0.891. The first-order valence-electron chi connectivity index (χ1n) is 6.59. The summed E-state index contributed by atoms with van der Waals surface area (Å²) in [4.78, 5) is 4.35. The standard InChI is InChI=1S/C16H19BrN2O/c1-10-8-13(9-11(2)15(10)17)20-16-14(12(3)18-4)6-5-7-19-16/h5-9,12,18H,1-4H3. The van der Waals surface area contributed by atoms with Gasteiger partial charge in [0.05, 0.1) is 0 Å². The molecular weight excluding hydrogens is 316 g/mol. The number of aromatic nitrogens is 1. The monoisotopic (exact) mass is 334 g/mol. The van der Waals surface area contributed by atoms with E-state index < -0.39 is 0 Å². The van der Waals surface area contributed by atoms with Gasteiger partial charge >= 0.3 is 0 Å². The molecule has 1 atom stereocenters. The van der Waals surface area contributed by atoms with Crippen molar-refractivity contribution in [1.82, 2.24) is 10.3 Å². The van der Waals surface area contributed by atoms with Crippen LogP contribution >= 0.6 is 15.9 Å². The molecule has 0 spiro atoms. The second-order valence-electron chi connectivity index (χ2n) is 4.88. The van der Waals surface area contributed by atoms with E-state index in [0.717, 1.165) is 26.9 Å². The van der Waals surface area contributed by atoms with E-state index in [1.54, 1.807) is 6.20 Å². The zero-order valence-corrected chi connectivity index (χ0v) is 13.8. The number of benzene rings is 1. The zero-order chi connectivity index (χ0) is 14.7. The molecular formula is C16H19BrN2O. The zero-order valence-electron chi connectivity index (χ0n) is 12.2. The van der Waals surface area contributed by atoms with Gasteiger partial charge in [0, 0.05) is 22.3 Å². The van der Waals surface area contributed by atoms with E-state index in [-0.39, 0.29) is 6.04 Å². The van der Waals surface area contributed by atoms with E-state index in [2.05, 4.69) is 47.0 Å². The lowest BCUT2D eigenvalue weighted by atomic mass is 10.1. The van der Waals surface area contributed by atoms with Crippen LogP contribution in [0.3, 0.4) is 0 Å². The molecule has 0 radical (unpaired) electrons. The summed E-state index contributed by atoms with van der Waals surface area (Å²) < 4.78 is 7.10. The summed E-state index contributed by atoms with van der Waals surface area (Å²) >= 11 is 3.57. The molecule has 1 aromatic carbocycles. The lowest BCUT2D eigenvalue weighted by molar-refractivity contribution is 0.446. The maximum absolute atomic E-state index is 5.98. The summed E-state index contributed by atoms with van der Waals surface area (Å²) in [5.74, 6) is 1.46. The number of pyridine rings is 1. The topological polar surface area (TPSA) is 34.2 Å². The number of hydrogen-bond donors (Lipinski definition) is 1. The number of ether oxygens (including phenoxy) is 1. The van der Waals surface area contributed by atoms with Crippen LogP contribution in [0.25, 0.3) is 0 Å². The van der Waals surface area contributed by atoms with Crippen molar-refractivity contribution in [3.63, 3.8) is 0 Å². The number of hydrogen-bond acceptors (Lipinski definition) is 3. The molecule has 0 saturated heterocycles. The van der Waals surface area contributed by atoms with Crippen molar-refractivity contribution in [2.24, 2.45) is 0 Å². The number of halogens is 1. The van der Waals surface area contributed by atoms with Gasteiger partial charge in [0.25, 0.3) is 0 Å². The van der Waals surface area contributed by atoms with Crippen LogP contribution in [0.5, 0.6) is 11.6 Å². The molecule has 0 aliphatic heterocycles. The first-order chi connectivity index (χ1) is 9.52. The van der Waals surface area contributed by atoms with Crippen molar-refractivity contribution in [2.45, 2.75) is 26.8 Å². The lowest BCUT2D eigenvalue weighted by Crippen LogP contribution is -2.13. The fraction of sp³-hybridized carbons (Fsp3) is 0.312. The Kier molecular flexibility index (Phi) is 4.78. The summed E-state index contributed by atoms with van der Waals surface area (Å²) in [6, 6.07) is 8.17. The summed E-state index contributed by atoms with van der Waals surface area (Å²) in [5, 5.41) is 3.21. The maximum Gasteiger partial charge on any atom is 0.223 e. The van der Waals surface area contributed by atoms with Crippen LogP contribution in [-0.2, 0) is 0 Å². The second-order valence-corrected chi connectivity index (χ2v) is 5.67. The van der Waals surface area contributed by atoms with Crippen LogP contribution in [0.15, 0.2) is 34.9 Å². The van der Waals surface area contributed by atoms with Gasteiger partial charge in [-0.15, -0.1) is 0 Å². The fourth-order valence-electron chi connectivity index (χ4n) is 2.05. The van der Waals surface area contributed by atoms with Gasteiger partial charge < -0.3 is 10.1 Å². The Morgan fingerprint density at radius 2 is 1.90 bits per heavy atom. The Balaban J connectivity index is 2.35. The van der Waals surface area contributed by atoms with Crippen molar-refractivity contribution in [2.75, 3.05) is 7.05 Å². The molecule has 0 aliphatic rings. The summed E-state index contributed by atoms with van der Waals surface area (Å²) in [6.45, 7) is 6.20. The molecule has 20 heavy (non-hydrogen) atoms. The van der Waals surface area contributed by atoms with Crippen molar-refractivity contribution in [3.8, 4) is 11.6 Å². The molecule has 0 amide bonds. The number of aryl methyl sites for hydroxylation is 2. The molecule has 0 fully saturated rings. The predicted molar refractivity (Wildman–Crippen MR) is 85.4 cm³/mol. The minimum absolute atomic E-state index is 0.191. The van der Waals surface area contributed by atoms with Crippen molar-refractivity contribution in [3.05, 3.63) is 51.6 Å². The van der Waals surface area contributed by atoms with Crippen LogP contribution in [0, 0.1) is 13.8 Å². The van der Waals surface area contributed by atoms with E-state index in [4.69, 9.17) is 4.74 Å². The maximum atomic E-state index is 5.98. The molecule has 0 bridgehead atoms. The summed E-state index contributed by atoms with van der Waals surface area (Å²) in [5.41, 5.74) is 3.35. The van der Waals surface area contributed by atoms with Gasteiger partial charge in [-0.05, 0) is 57.1 Å². The minimum Gasteiger partial charge on any atom is -0.439 e. The third-order valence-corrected chi connectivity index (χ3v) is 4.58. The fourth-order valence-corrected chi connectivity index (χ4v) is 2.28. The van der Waals surface area contributed by atoms with Gasteiger partial charge in [-0.3, -0.25) is 0 Å². The predicted octanol–water partition coefficient (Wildman–Crippen LogP) is 4.53. The minimum atomic E-state index is 0.191. The molecule has 1 N–H and O–H groups in total. The van der Waals surface area contributed by atoms with Crippen LogP contribution in [0.1, 0.15) is 29.7 Å². The average Bonchev–Trinajstić information content (AvgIpc) is 2.44. The third kappa shape index (κ3) is 3.19. The molecule has 2 rings (SSSR count). The molecule has 106 valence electrons. The molecule has 0 aliphatic carbocycles. The van der Waals surface area contributed by atoms with Gasteiger partial charge in [-0.2, -0.15) is 0 Å². The molecule has 0 saturated carbocycles. The van der Waals surface area contributed by atoms with Gasteiger partial charge in [0.2, 0.25) is 5.88 Å². The van der Waals surface area contributed by atoms with E-state index in [1.165, 1.54) is 0 Å². The Bertz CT molecular complexity index is 590. The summed E-state index contributed by atoms with van der Waals surface area (Å²) in [6.07, 6.45) is 1.75. The molecule has 1 unspecified atom stereocenters. The van der Waals surface area contributed by atoms with Crippen molar-refractivity contribution < 1.29 is 4.74 Å². The van der Waals surface area contributed by atoms with Crippen molar-refractivity contribution >= 4 is 15.9 Å². The highest BCUT2D eigenvalue weighted by Gasteiger charge is 2.12. The van der Waals surface area contributed by atoms with Crippen LogP contribution in [0.2, 0.25) is 0 Å². The molecule has 2 aromatic rings. The van der Waals surface area contributed by atoms with Gasteiger partial charge in [-0.25, -0.2) is 4.98 Å². The average molecular weight is 335 g/mol. The highest BCUT2D eigenvalue weighted by Crippen LogP contribution is 2.31. The normalized spacial score (nSPS) is 12.2. The molecule has 1 heterocycles. The number of nitrogens with one attached hydrogen (secondary N) is 1. The Morgan fingerprint density at radius 3 is 2.50 bits per heavy atom. The van der Waals surface area contributed by atoms with E-state index in [0.29, 0.717) is 5.88 Å². The third-order valence-electron chi connectivity index (χ3n) is 3.32. The van der Waals surface area contributed by atoms with Gasteiger partial charge in [-0.1, -0.05) is 22.0 Å². The lowest BCUT2D eigenvalue weighted by Gasteiger charge is -2.16. The second kappa shape index (κ2) is 6.37. The van der Waals surface area contributed by atoms with E-state index in [1.807, 2.05) is 31.3 Å². The molecule has 4 heteroatoms. The molecule has 1 aromatic heterocycles. The number of nitrogens with zero attached hydrogens (tertiary/aromatic N) is 1. The van der Waals surface area contributed by atoms with E-state index >= 15 is 0 Å². The molecule has 3 nitrogen and oxygen atoms in total. The van der Waals surface area contributed by atoms with E-state index in [9.17, 15) is 0 Å². The van der Waals surface area contributed by atoms with Crippen LogP contribution in [-0.4, -0.2) is 12.0 Å². The number of rotatable bonds is 4. The first-order valence-corrected chi connectivity index (χ1v) is 7.39. The summed E-state index contributed by atoms with van der Waals surface area (Å²) in [7, 11) is 1.93. The van der Waals surface area contributed by atoms with Gasteiger partial charge in [0.15, 0.2) is 0 Å². The highest BCUT2D eigenvalue weighted by molar-refractivity contribution is 9.10. The SMILES string of the molecule is CNC(C)c1cccnc1Oc1cc(C)c(Br)c(C)c1. The van der Waals surface area contributed by atoms with Gasteiger partial charge in [0.1, 0.15) is 5.75 Å². The largest absolute Gasteiger partial charge is 0.439 e. The Morgan fingerprint density at radius 1 is 1.25 bits per heavy atom. The Hall–Kier alpha value is -1.39. The van der Waals surface area contributed by atoms with Crippen LogP contribution in [0.4, 0.5) is 0 Å². The van der Waals surface area contributed by atoms with Crippen LogP contribution < -0.4 is 10.1 Å². The first kappa shape index (κ1) is 15.0. The highest BCUT2D eigenvalue weighted by atomic mass is 79.9. The smallest absolute Gasteiger partial charge is 0.223 e. The Labute approximate surface area is 128 Å². The van der Waals surface area contributed by atoms with Crippen molar-refractivity contribution in [1.29, 1.82) is 0 Å².